The molecule has 5 aromatic rings. The van der Waals surface area contributed by atoms with Gasteiger partial charge in [-0.15, -0.1) is 5.10 Å². The highest BCUT2D eigenvalue weighted by molar-refractivity contribution is 7.98. The first-order chi connectivity index (χ1) is 18.4. The summed E-state index contributed by atoms with van der Waals surface area (Å²) in [6.07, 6.45) is 1.48. The lowest BCUT2D eigenvalue weighted by molar-refractivity contribution is -0.138. The number of hydrogen-bond acceptors (Lipinski definition) is 8. The number of aryl methyl sites for hydroxylation is 1. The normalized spacial score (nSPS) is 17.7. The molecule has 0 saturated carbocycles. The number of aromatic nitrogens is 6. The number of hydrogen-bond donors (Lipinski definition) is 3. The van der Waals surface area contributed by atoms with E-state index in [9.17, 15) is 9.59 Å². The van der Waals surface area contributed by atoms with Crippen LogP contribution in [0.5, 0.6) is 0 Å². The standard InChI is InChI=1S/C27H26N8O2S/c1-3-27(13-12-23(36)32-24(27)37)17-8-10-18(11-9-17)29-22-14-16(2)28-25-33-26(34-35(22)25)38-15-21-30-19-6-4-5-7-20(19)31-21/h4-11,14,29H,3,12-13,15H2,1-2H3,(H,30,31)(H,32,36,37). The number of fused-ring (bicyclic) bond motifs is 2. The van der Waals surface area contributed by atoms with Crippen LogP contribution in [0.25, 0.3) is 16.8 Å². The molecule has 1 saturated heterocycles. The van der Waals surface area contributed by atoms with Crippen LogP contribution >= 0.6 is 11.8 Å². The first-order valence-electron chi connectivity index (χ1n) is 12.5. The summed E-state index contributed by atoms with van der Waals surface area (Å²) in [5.41, 5.74) is 3.80. The van der Waals surface area contributed by atoms with Crippen LogP contribution in [0.2, 0.25) is 0 Å². The van der Waals surface area contributed by atoms with Crippen molar-refractivity contribution in [2.24, 2.45) is 0 Å². The summed E-state index contributed by atoms with van der Waals surface area (Å²) in [6, 6.07) is 17.6. The number of para-hydroxylation sites is 2. The molecule has 38 heavy (non-hydrogen) atoms. The second kappa shape index (κ2) is 9.56. The molecule has 0 bridgehead atoms. The second-order valence-electron chi connectivity index (χ2n) is 9.39. The molecule has 1 fully saturated rings. The zero-order valence-electron chi connectivity index (χ0n) is 21.0. The Morgan fingerprint density at radius 2 is 1.89 bits per heavy atom. The largest absolute Gasteiger partial charge is 0.341 e. The number of anilines is 2. The summed E-state index contributed by atoms with van der Waals surface area (Å²) in [7, 11) is 0. The predicted octanol–water partition coefficient (Wildman–Crippen LogP) is 4.43. The molecule has 0 aliphatic carbocycles. The summed E-state index contributed by atoms with van der Waals surface area (Å²) in [5, 5.41) is 11.2. The van der Waals surface area contributed by atoms with Crippen LogP contribution in [0, 0.1) is 6.92 Å². The fourth-order valence-electron chi connectivity index (χ4n) is 4.91. The summed E-state index contributed by atoms with van der Waals surface area (Å²) in [5.74, 6) is 2.27. The van der Waals surface area contributed by atoms with Crippen LogP contribution in [-0.2, 0) is 20.8 Å². The molecule has 0 radical (unpaired) electrons. The van der Waals surface area contributed by atoms with Crippen LogP contribution in [0.15, 0.2) is 59.8 Å². The summed E-state index contributed by atoms with van der Waals surface area (Å²) in [6.45, 7) is 3.89. The van der Waals surface area contributed by atoms with Crippen molar-refractivity contribution in [3.63, 3.8) is 0 Å². The van der Waals surface area contributed by atoms with Crippen LogP contribution in [0.1, 0.15) is 43.3 Å². The van der Waals surface area contributed by atoms with Gasteiger partial charge in [0, 0.05) is 23.9 Å². The number of imidazole rings is 1. The molecule has 0 spiro atoms. The lowest BCUT2D eigenvalue weighted by Crippen LogP contribution is -2.51. The molecule has 1 atom stereocenters. The minimum absolute atomic E-state index is 0.211. The predicted molar refractivity (Wildman–Crippen MR) is 145 cm³/mol. The Labute approximate surface area is 222 Å². The van der Waals surface area contributed by atoms with E-state index in [1.54, 1.807) is 4.52 Å². The highest BCUT2D eigenvalue weighted by Crippen LogP contribution is 2.36. The number of imide groups is 1. The first kappa shape index (κ1) is 24.1. The highest BCUT2D eigenvalue weighted by atomic mass is 32.2. The molecular formula is C27H26N8O2S. The van der Waals surface area contributed by atoms with E-state index in [-0.39, 0.29) is 11.8 Å². The molecule has 2 aromatic carbocycles. The maximum absolute atomic E-state index is 12.7. The van der Waals surface area contributed by atoms with E-state index < -0.39 is 5.41 Å². The third kappa shape index (κ3) is 4.38. The Bertz CT molecular complexity index is 1640. The van der Waals surface area contributed by atoms with E-state index in [1.165, 1.54) is 11.8 Å². The van der Waals surface area contributed by atoms with Gasteiger partial charge >= 0.3 is 0 Å². The molecule has 1 unspecified atom stereocenters. The van der Waals surface area contributed by atoms with Crippen molar-refractivity contribution < 1.29 is 9.59 Å². The Balaban J connectivity index is 1.22. The van der Waals surface area contributed by atoms with E-state index in [4.69, 9.17) is 0 Å². The number of H-pyrrole nitrogens is 1. The number of benzene rings is 2. The average Bonchev–Trinajstić information content (AvgIpc) is 3.52. The van der Waals surface area contributed by atoms with Crippen molar-refractivity contribution in [1.82, 2.24) is 34.9 Å². The lowest BCUT2D eigenvalue weighted by atomic mass is 9.72. The molecule has 1 aliphatic heterocycles. The van der Waals surface area contributed by atoms with Gasteiger partial charge in [-0.2, -0.15) is 9.50 Å². The number of nitrogens with one attached hydrogen (secondary N) is 3. The number of rotatable bonds is 7. The minimum atomic E-state index is -0.690. The molecular weight excluding hydrogens is 500 g/mol. The van der Waals surface area contributed by atoms with Gasteiger partial charge in [0.1, 0.15) is 11.6 Å². The first-order valence-corrected chi connectivity index (χ1v) is 13.4. The van der Waals surface area contributed by atoms with Crippen molar-refractivity contribution in [3.8, 4) is 0 Å². The van der Waals surface area contributed by atoms with E-state index in [0.717, 1.165) is 39.6 Å². The van der Waals surface area contributed by atoms with E-state index in [2.05, 4.69) is 35.7 Å². The van der Waals surface area contributed by atoms with Gasteiger partial charge in [0.05, 0.1) is 22.2 Å². The summed E-state index contributed by atoms with van der Waals surface area (Å²) >= 11 is 1.49. The highest BCUT2D eigenvalue weighted by Gasteiger charge is 2.42. The second-order valence-corrected chi connectivity index (χ2v) is 10.3. The van der Waals surface area contributed by atoms with Gasteiger partial charge in [-0.25, -0.2) is 9.97 Å². The van der Waals surface area contributed by atoms with Crippen molar-refractivity contribution >= 4 is 51.9 Å². The lowest BCUT2D eigenvalue weighted by Gasteiger charge is -2.35. The number of carbonyl (C=O) groups excluding carboxylic acids is 2. The van der Waals surface area contributed by atoms with Gasteiger partial charge in [-0.1, -0.05) is 43.0 Å². The van der Waals surface area contributed by atoms with Gasteiger partial charge in [0.25, 0.3) is 5.78 Å². The molecule has 11 heteroatoms. The van der Waals surface area contributed by atoms with Crippen molar-refractivity contribution in [2.45, 2.75) is 49.4 Å². The molecule has 2 amide bonds. The smallest absolute Gasteiger partial charge is 0.255 e. The molecule has 4 heterocycles. The Morgan fingerprint density at radius 3 is 2.66 bits per heavy atom. The van der Waals surface area contributed by atoms with Crippen molar-refractivity contribution in [3.05, 3.63) is 71.7 Å². The molecule has 6 rings (SSSR count). The fraction of sp³-hybridized carbons (Fsp3) is 0.259. The van der Waals surface area contributed by atoms with Crippen LogP contribution < -0.4 is 10.6 Å². The topological polar surface area (TPSA) is 130 Å². The number of nitrogens with zero attached hydrogens (tertiary/aromatic N) is 5. The maximum atomic E-state index is 12.7. The van der Waals surface area contributed by atoms with E-state index in [1.807, 2.05) is 68.4 Å². The van der Waals surface area contributed by atoms with Gasteiger partial charge in [0.15, 0.2) is 0 Å². The molecule has 3 N–H and O–H groups in total. The number of thioether (sulfide) groups is 1. The van der Waals surface area contributed by atoms with E-state index in [0.29, 0.717) is 35.9 Å². The SMILES string of the molecule is CCC1(c2ccc(Nc3cc(C)nc4nc(SCc5nc6ccccc6[nH]5)nn34)cc2)CCC(=O)NC1=O. The third-order valence-corrected chi connectivity index (χ3v) is 7.83. The zero-order chi connectivity index (χ0) is 26.3. The molecule has 192 valence electrons. The Morgan fingerprint density at radius 1 is 1.08 bits per heavy atom. The average molecular weight is 527 g/mol. The van der Waals surface area contributed by atoms with Crippen molar-refractivity contribution in [2.75, 3.05) is 5.32 Å². The minimum Gasteiger partial charge on any atom is -0.341 e. The Hall–Kier alpha value is -4.25. The number of amides is 2. The summed E-state index contributed by atoms with van der Waals surface area (Å²) in [4.78, 5) is 41.5. The fourth-order valence-corrected chi connectivity index (χ4v) is 5.60. The van der Waals surface area contributed by atoms with Gasteiger partial charge in [-0.05, 0) is 49.6 Å². The van der Waals surface area contributed by atoms with Crippen LogP contribution in [0.4, 0.5) is 11.5 Å². The number of carbonyl (C=O) groups is 2. The molecule has 1 aliphatic rings. The number of piperidine rings is 1. The summed E-state index contributed by atoms with van der Waals surface area (Å²) < 4.78 is 1.69. The molecule has 3 aromatic heterocycles. The zero-order valence-corrected chi connectivity index (χ0v) is 21.8. The Kier molecular flexibility index (Phi) is 6.07. The van der Waals surface area contributed by atoms with Gasteiger partial charge in [-0.3, -0.25) is 14.9 Å². The van der Waals surface area contributed by atoms with Crippen molar-refractivity contribution in [1.29, 1.82) is 0 Å². The monoisotopic (exact) mass is 526 g/mol. The van der Waals surface area contributed by atoms with Gasteiger partial charge < -0.3 is 10.3 Å². The quantitative estimate of drug-likeness (QED) is 0.210. The maximum Gasteiger partial charge on any atom is 0.255 e. The van der Waals surface area contributed by atoms with Crippen LogP contribution in [-0.4, -0.2) is 41.4 Å². The van der Waals surface area contributed by atoms with Crippen LogP contribution in [0.3, 0.4) is 0 Å². The van der Waals surface area contributed by atoms with Gasteiger partial charge in [0.2, 0.25) is 17.0 Å². The number of aromatic amines is 1. The molecule has 10 nitrogen and oxygen atoms in total. The third-order valence-electron chi connectivity index (χ3n) is 6.98. The van der Waals surface area contributed by atoms with E-state index >= 15 is 0 Å².